The van der Waals surface area contributed by atoms with Crippen LogP contribution in [0.1, 0.15) is 22.3 Å². The van der Waals surface area contributed by atoms with Gasteiger partial charge in [-0.15, -0.1) is 12.3 Å². The van der Waals surface area contributed by atoms with Crippen LogP contribution < -0.4 is 16.0 Å². The number of nitrogens with one attached hydrogen (secondary N) is 1. The number of fused-ring (bicyclic) bond motifs is 1. The molecule has 2 aromatic carbocycles. The zero-order valence-electron chi connectivity index (χ0n) is 16.3. The fourth-order valence-electron chi connectivity index (χ4n) is 3.17. The molecule has 1 atom stereocenters. The van der Waals surface area contributed by atoms with Crippen LogP contribution in [0.15, 0.2) is 41.3 Å². The Kier molecular flexibility index (Phi) is 6.65. The van der Waals surface area contributed by atoms with Gasteiger partial charge in [-0.05, 0) is 29.8 Å². The molecule has 1 aliphatic heterocycles. The molecule has 7 nitrogen and oxygen atoms in total. The molecule has 0 aromatic heterocycles. The van der Waals surface area contributed by atoms with Crippen LogP contribution in [0, 0.1) is 18.2 Å². The van der Waals surface area contributed by atoms with Gasteiger partial charge in [0.1, 0.15) is 5.82 Å². The van der Waals surface area contributed by atoms with Crippen LogP contribution in [-0.4, -0.2) is 38.6 Å². The van der Waals surface area contributed by atoms with Crippen LogP contribution >= 0.6 is 11.6 Å². The first kappa shape index (κ1) is 22.7. The maximum absolute atomic E-state index is 14.7. The van der Waals surface area contributed by atoms with Crippen molar-refractivity contribution in [1.82, 2.24) is 5.32 Å². The van der Waals surface area contributed by atoms with Crippen molar-refractivity contribution in [3.8, 4) is 12.3 Å². The highest BCUT2D eigenvalue weighted by molar-refractivity contribution is 7.91. The fourth-order valence-corrected chi connectivity index (χ4v) is 4.86. The first-order chi connectivity index (χ1) is 14.6. The van der Waals surface area contributed by atoms with E-state index in [-0.39, 0.29) is 25.2 Å². The molecule has 0 unspecified atom stereocenters. The molecule has 0 saturated carbocycles. The molecule has 0 spiro atoms. The highest BCUT2D eigenvalue weighted by Crippen LogP contribution is 2.34. The number of terminal acetylenes is 1. The summed E-state index contributed by atoms with van der Waals surface area (Å²) in [6, 6.07) is 7.02. The summed E-state index contributed by atoms with van der Waals surface area (Å²) in [5.41, 5.74) is 5.95. The summed E-state index contributed by atoms with van der Waals surface area (Å²) < 4.78 is 40.2. The molecule has 2 amide bonds. The van der Waals surface area contributed by atoms with E-state index in [9.17, 15) is 22.4 Å². The number of hydrogen-bond donors (Lipinski definition) is 2. The van der Waals surface area contributed by atoms with Crippen molar-refractivity contribution in [3.05, 3.63) is 58.4 Å². The Balaban J connectivity index is 2.12. The lowest BCUT2D eigenvalue weighted by molar-refractivity contribution is -0.119. The van der Waals surface area contributed by atoms with Crippen LogP contribution in [0.3, 0.4) is 0 Å². The van der Waals surface area contributed by atoms with Gasteiger partial charge >= 0.3 is 0 Å². The number of carbonyl (C=O) groups excluding carboxylic acids is 2. The van der Waals surface area contributed by atoms with Crippen molar-refractivity contribution in [1.29, 1.82) is 0 Å². The van der Waals surface area contributed by atoms with E-state index in [0.717, 1.165) is 17.0 Å². The van der Waals surface area contributed by atoms with Crippen LogP contribution in [0.2, 0.25) is 5.02 Å². The van der Waals surface area contributed by atoms with Gasteiger partial charge in [0.25, 0.3) is 5.91 Å². The lowest BCUT2D eigenvalue weighted by atomic mass is 10.1. The molecule has 2 aromatic rings. The van der Waals surface area contributed by atoms with E-state index in [2.05, 4.69) is 11.2 Å². The Morgan fingerprint density at radius 2 is 2.00 bits per heavy atom. The maximum Gasteiger partial charge on any atom is 0.254 e. The minimum absolute atomic E-state index is 0.0456. The number of carbonyl (C=O) groups is 2. The number of rotatable bonds is 5. The Labute approximate surface area is 184 Å². The molecular formula is C21H19ClFN3O4S. The number of anilines is 1. The molecule has 1 aliphatic rings. The van der Waals surface area contributed by atoms with E-state index < -0.39 is 49.7 Å². The van der Waals surface area contributed by atoms with E-state index in [1.165, 1.54) is 0 Å². The van der Waals surface area contributed by atoms with Crippen molar-refractivity contribution < 1.29 is 22.4 Å². The Hall–Kier alpha value is -2.93. The van der Waals surface area contributed by atoms with Crippen molar-refractivity contribution in [2.45, 2.75) is 23.9 Å². The van der Waals surface area contributed by atoms with Gasteiger partial charge in [-0.2, -0.15) is 0 Å². The summed E-state index contributed by atoms with van der Waals surface area (Å²) in [5, 5.41) is 2.95. The van der Waals surface area contributed by atoms with E-state index in [4.69, 9.17) is 23.8 Å². The highest BCUT2D eigenvalue weighted by Gasteiger charge is 2.37. The quantitative estimate of drug-likeness (QED) is 0.519. The van der Waals surface area contributed by atoms with Gasteiger partial charge in [0, 0.05) is 18.0 Å². The van der Waals surface area contributed by atoms with Crippen molar-refractivity contribution in [2.75, 3.05) is 17.2 Å². The third-order valence-electron chi connectivity index (χ3n) is 4.71. The normalized spacial score (nSPS) is 17.4. The van der Waals surface area contributed by atoms with Gasteiger partial charge in [-0.1, -0.05) is 23.7 Å². The van der Waals surface area contributed by atoms with E-state index >= 15 is 0 Å². The summed E-state index contributed by atoms with van der Waals surface area (Å²) >= 11 is 5.90. The Bertz CT molecular complexity index is 1180. The average Bonchev–Trinajstić information content (AvgIpc) is 2.78. The first-order valence-electron chi connectivity index (χ1n) is 9.23. The number of nitrogens with two attached hydrogens (primary N) is 1. The molecule has 10 heteroatoms. The van der Waals surface area contributed by atoms with Gasteiger partial charge in [0.05, 0.1) is 34.5 Å². The van der Waals surface area contributed by atoms with E-state index in [1.54, 1.807) is 24.3 Å². The van der Waals surface area contributed by atoms with Crippen LogP contribution in [0.5, 0.6) is 0 Å². The topological polar surface area (TPSA) is 110 Å². The summed E-state index contributed by atoms with van der Waals surface area (Å²) in [5.74, 6) is -0.809. The number of nitrogens with zero attached hydrogens (tertiary/aromatic N) is 1. The smallest absolute Gasteiger partial charge is 0.254 e. The zero-order chi connectivity index (χ0) is 22.8. The maximum atomic E-state index is 14.7. The molecule has 3 N–H and O–H groups in total. The van der Waals surface area contributed by atoms with E-state index in [1.807, 2.05) is 0 Å². The van der Waals surface area contributed by atoms with Gasteiger partial charge < -0.3 is 16.0 Å². The van der Waals surface area contributed by atoms with Gasteiger partial charge in [-0.3, -0.25) is 9.59 Å². The SMILES string of the molecule is C#CCCNC(=O)c1cc2c(cc1F)S(=O)(=O)C[C@H](N)C(=O)N2Cc1ccc(Cl)cc1. The molecule has 1 heterocycles. The van der Waals surface area contributed by atoms with Crippen LogP contribution in [0.4, 0.5) is 10.1 Å². The van der Waals surface area contributed by atoms with Crippen LogP contribution in [0.25, 0.3) is 0 Å². The summed E-state index contributed by atoms with van der Waals surface area (Å²) in [6.07, 6.45) is 5.38. The number of benzene rings is 2. The second-order valence-corrected chi connectivity index (χ2v) is 9.39. The van der Waals surface area contributed by atoms with Gasteiger partial charge in [-0.25, -0.2) is 12.8 Å². The lowest BCUT2D eigenvalue weighted by Crippen LogP contribution is -2.45. The van der Waals surface area contributed by atoms with Crippen molar-refractivity contribution >= 4 is 38.9 Å². The van der Waals surface area contributed by atoms with Crippen LogP contribution in [-0.2, 0) is 21.2 Å². The molecule has 0 radical (unpaired) electrons. The summed E-state index contributed by atoms with van der Waals surface area (Å²) in [6.45, 7) is 0.0679. The minimum Gasteiger partial charge on any atom is -0.351 e. The van der Waals surface area contributed by atoms with E-state index in [0.29, 0.717) is 10.6 Å². The molecule has 0 fully saturated rings. The zero-order valence-corrected chi connectivity index (χ0v) is 17.8. The first-order valence-corrected chi connectivity index (χ1v) is 11.3. The molecule has 0 saturated heterocycles. The fraction of sp³-hybridized carbons (Fsp3) is 0.238. The summed E-state index contributed by atoms with van der Waals surface area (Å²) in [4.78, 5) is 26.1. The Morgan fingerprint density at radius 3 is 2.65 bits per heavy atom. The number of halogens is 2. The minimum atomic E-state index is -4.09. The molecule has 31 heavy (non-hydrogen) atoms. The molecule has 3 rings (SSSR count). The largest absolute Gasteiger partial charge is 0.351 e. The molecular weight excluding hydrogens is 445 g/mol. The number of amides is 2. The number of sulfone groups is 1. The predicted molar refractivity (Wildman–Crippen MR) is 115 cm³/mol. The summed E-state index contributed by atoms with van der Waals surface area (Å²) in [7, 11) is -4.09. The third-order valence-corrected chi connectivity index (χ3v) is 6.76. The highest BCUT2D eigenvalue weighted by atomic mass is 35.5. The molecule has 0 bridgehead atoms. The van der Waals surface area contributed by atoms with Gasteiger partial charge in [0.15, 0.2) is 9.84 Å². The standard InChI is InChI=1S/C21H19ClFN3O4S/c1-2-3-8-25-20(27)15-9-18-19(10-16(15)23)31(29,30)12-17(24)21(28)26(18)11-13-4-6-14(22)7-5-13/h1,4-7,9-10,17H,3,8,11-12,24H2,(H,25,27)/t17-/m0/s1. The van der Waals surface area contributed by atoms with Crippen molar-refractivity contribution in [3.63, 3.8) is 0 Å². The second kappa shape index (κ2) is 9.06. The predicted octanol–water partition coefficient (Wildman–Crippen LogP) is 1.88. The third kappa shape index (κ3) is 4.88. The number of hydrogen-bond acceptors (Lipinski definition) is 5. The molecule has 0 aliphatic carbocycles. The van der Waals surface area contributed by atoms with Crippen molar-refractivity contribution in [2.24, 2.45) is 5.73 Å². The second-order valence-electron chi connectivity index (χ2n) is 6.95. The average molecular weight is 464 g/mol. The molecule has 162 valence electrons. The Morgan fingerprint density at radius 1 is 1.32 bits per heavy atom. The lowest BCUT2D eigenvalue weighted by Gasteiger charge is -2.25. The monoisotopic (exact) mass is 463 g/mol. The van der Waals surface area contributed by atoms with Gasteiger partial charge in [0.2, 0.25) is 5.91 Å².